The first-order chi connectivity index (χ1) is 12.6. The minimum atomic E-state index is -0.580. The molecule has 0 aliphatic carbocycles. The summed E-state index contributed by atoms with van der Waals surface area (Å²) in [6.07, 6.45) is 1.10. The maximum absolute atomic E-state index is 14.0. The van der Waals surface area contributed by atoms with Gasteiger partial charge in [0.25, 0.3) is 0 Å². The molecule has 1 N–H and O–H groups in total. The number of hydrogen-bond acceptors (Lipinski definition) is 3. The highest BCUT2D eigenvalue weighted by Crippen LogP contribution is 2.35. The number of halogens is 1. The van der Waals surface area contributed by atoms with Crippen LogP contribution in [0.3, 0.4) is 0 Å². The highest BCUT2D eigenvalue weighted by Gasteiger charge is 2.37. The largest absolute Gasteiger partial charge is 0.497 e. The Morgan fingerprint density at radius 1 is 1.23 bits per heavy atom. The Balaban J connectivity index is 1.66. The van der Waals surface area contributed by atoms with Gasteiger partial charge in [-0.15, -0.1) is 0 Å². The number of piperidine rings is 1. The summed E-state index contributed by atoms with van der Waals surface area (Å²) in [7, 11) is 1.45. The number of benzene rings is 2. The molecule has 1 aliphatic heterocycles. The average Bonchev–Trinajstić information content (AvgIpc) is 2.70. The molecule has 0 aromatic heterocycles. The van der Waals surface area contributed by atoms with Gasteiger partial charge in [0.2, 0.25) is 0 Å². The van der Waals surface area contributed by atoms with Crippen molar-refractivity contribution < 1.29 is 13.9 Å². The molecule has 0 saturated carbocycles. The molecule has 0 spiro atoms. The minimum absolute atomic E-state index is 0.107. The SMILES string of the molecule is COc1ccc(NC(=O)N2CCC(C#N)(c3ccccc3)CC2)c(F)c1. The Hall–Kier alpha value is -3.07. The molecule has 6 heteroatoms. The second-order valence-electron chi connectivity index (χ2n) is 6.32. The number of amides is 2. The molecule has 1 saturated heterocycles. The number of likely N-dealkylation sites (tertiary alicyclic amines) is 1. The van der Waals surface area contributed by atoms with Crippen molar-refractivity contribution in [3.05, 3.63) is 59.9 Å². The van der Waals surface area contributed by atoms with Crippen LogP contribution in [-0.4, -0.2) is 31.1 Å². The Morgan fingerprint density at radius 3 is 2.50 bits per heavy atom. The molecule has 1 aliphatic rings. The smallest absolute Gasteiger partial charge is 0.321 e. The summed E-state index contributed by atoms with van der Waals surface area (Å²) in [6.45, 7) is 0.873. The van der Waals surface area contributed by atoms with Gasteiger partial charge in [-0.05, 0) is 30.5 Å². The van der Waals surface area contributed by atoms with E-state index in [0.717, 1.165) is 5.56 Å². The Bertz CT molecular complexity index is 825. The number of nitrogens with zero attached hydrogens (tertiary/aromatic N) is 2. The van der Waals surface area contributed by atoms with Crippen LogP contribution >= 0.6 is 0 Å². The van der Waals surface area contributed by atoms with Crippen molar-refractivity contribution in [2.24, 2.45) is 0 Å². The fraction of sp³-hybridized carbons (Fsp3) is 0.300. The summed E-state index contributed by atoms with van der Waals surface area (Å²) in [5.74, 6) is -0.162. The number of anilines is 1. The van der Waals surface area contributed by atoms with Crippen LogP contribution in [0.25, 0.3) is 0 Å². The van der Waals surface area contributed by atoms with Gasteiger partial charge >= 0.3 is 6.03 Å². The zero-order chi connectivity index (χ0) is 18.6. The van der Waals surface area contributed by atoms with E-state index in [9.17, 15) is 14.4 Å². The molecule has 0 radical (unpaired) electrons. The van der Waals surface area contributed by atoms with Gasteiger partial charge in [-0.3, -0.25) is 0 Å². The van der Waals surface area contributed by atoms with Crippen molar-refractivity contribution in [2.75, 3.05) is 25.5 Å². The first-order valence-corrected chi connectivity index (χ1v) is 8.44. The number of nitriles is 1. The van der Waals surface area contributed by atoms with Crippen LogP contribution in [0.2, 0.25) is 0 Å². The zero-order valence-electron chi connectivity index (χ0n) is 14.5. The number of carbonyl (C=O) groups is 1. The predicted molar refractivity (Wildman–Crippen MR) is 96.5 cm³/mol. The van der Waals surface area contributed by atoms with Gasteiger partial charge in [-0.25, -0.2) is 9.18 Å². The molecule has 134 valence electrons. The van der Waals surface area contributed by atoms with Gasteiger partial charge < -0.3 is 15.0 Å². The molecule has 2 aromatic carbocycles. The molecule has 5 nitrogen and oxygen atoms in total. The molecule has 0 unspecified atom stereocenters. The standard InChI is InChI=1S/C20H20FN3O2/c1-26-16-7-8-18(17(21)13-16)23-19(25)24-11-9-20(14-22,10-12-24)15-5-3-2-4-6-15/h2-8,13H,9-12H2,1H3,(H,23,25). The van der Waals surface area contributed by atoms with Crippen LogP contribution in [0, 0.1) is 17.1 Å². The molecule has 1 fully saturated rings. The second-order valence-corrected chi connectivity index (χ2v) is 6.32. The van der Waals surface area contributed by atoms with Crippen LogP contribution in [0.4, 0.5) is 14.9 Å². The fourth-order valence-electron chi connectivity index (χ4n) is 3.23. The van der Waals surface area contributed by atoms with E-state index in [1.807, 2.05) is 30.3 Å². The van der Waals surface area contributed by atoms with E-state index in [0.29, 0.717) is 31.7 Å². The lowest BCUT2D eigenvalue weighted by Gasteiger charge is -2.37. The fourth-order valence-corrected chi connectivity index (χ4v) is 3.23. The summed E-state index contributed by atoms with van der Waals surface area (Å²) in [6, 6.07) is 16.0. The van der Waals surface area contributed by atoms with Crippen LogP contribution < -0.4 is 10.1 Å². The third-order valence-corrected chi connectivity index (χ3v) is 4.86. The number of ether oxygens (including phenoxy) is 1. The number of urea groups is 1. The Morgan fingerprint density at radius 2 is 1.92 bits per heavy atom. The zero-order valence-corrected chi connectivity index (χ0v) is 14.5. The van der Waals surface area contributed by atoms with E-state index in [-0.39, 0.29) is 11.7 Å². The van der Waals surface area contributed by atoms with E-state index in [1.54, 1.807) is 11.0 Å². The number of hydrogen-bond donors (Lipinski definition) is 1. The monoisotopic (exact) mass is 353 g/mol. The number of carbonyl (C=O) groups excluding carboxylic acids is 1. The average molecular weight is 353 g/mol. The Kier molecular flexibility index (Phi) is 5.08. The predicted octanol–water partition coefficient (Wildman–Crippen LogP) is 3.92. The molecule has 26 heavy (non-hydrogen) atoms. The summed E-state index contributed by atoms with van der Waals surface area (Å²) in [5.41, 5.74) is 0.503. The third kappa shape index (κ3) is 3.47. The van der Waals surface area contributed by atoms with Crippen LogP contribution in [0.1, 0.15) is 18.4 Å². The first-order valence-electron chi connectivity index (χ1n) is 8.44. The third-order valence-electron chi connectivity index (χ3n) is 4.86. The van der Waals surface area contributed by atoms with Gasteiger partial charge in [-0.2, -0.15) is 5.26 Å². The van der Waals surface area contributed by atoms with Crippen molar-refractivity contribution in [1.29, 1.82) is 5.26 Å². The van der Waals surface area contributed by atoms with Gasteiger partial charge in [0.1, 0.15) is 11.6 Å². The van der Waals surface area contributed by atoms with Crippen LogP contribution in [0.15, 0.2) is 48.5 Å². The number of nitrogens with one attached hydrogen (secondary N) is 1. The van der Waals surface area contributed by atoms with Gasteiger partial charge in [-0.1, -0.05) is 30.3 Å². The van der Waals surface area contributed by atoms with E-state index in [2.05, 4.69) is 11.4 Å². The maximum Gasteiger partial charge on any atom is 0.321 e. The molecule has 3 rings (SSSR count). The highest BCUT2D eigenvalue weighted by atomic mass is 19.1. The number of methoxy groups -OCH3 is 1. The quantitative estimate of drug-likeness (QED) is 0.909. The van der Waals surface area contributed by atoms with E-state index in [1.165, 1.54) is 19.2 Å². The summed E-state index contributed by atoms with van der Waals surface area (Å²) in [4.78, 5) is 14.1. The Labute approximate surface area is 152 Å². The molecular weight excluding hydrogens is 333 g/mol. The minimum Gasteiger partial charge on any atom is -0.497 e. The lowest BCUT2D eigenvalue weighted by molar-refractivity contribution is 0.183. The summed E-state index contributed by atoms with van der Waals surface area (Å²) < 4.78 is 19.0. The molecule has 0 bridgehead atoms. The molecule has 2 aromatic rings. The lowest BCUT2D eigenvalue weighted by Crippen LogP contribution is -2.46. The van der Waals surface area contributed by atoms with Crippen molar-refractivity contribution in [2.45, 2.75) is 18.3 Å². The lowest BCUT2D eigenvalue weighted by atomic mass is 9.74. The van der Waals surface area contributed by atoms with Crippen molar-refractivity contribution in [1.82, 2.24) is 4.90 Å². The van der Waals surface area contributed by atoms with Gasteiger partial charge in [0.15, 0.2) is 0 Å². The van der Waals surface area contributed by atoms with E-state index >= 15 is 0 Å². The van der Waals surface area contributed by atoms with Gasteiger partial charge in [0.05, 0.1) is 24.3 Å². The highest BCUT2D eigenvalue weighted by molar-refractivity contribution is 5.89. The first kappa shape index (κ1) is 17.7. The van der Waals surface area contributed by atoms with Crippen molar-refractivity contribution in [3.8, 4) is 11.8 Å². The number of rotatable bonds is 3. The summed E-state index contributed by atoms with van der Waals surface area (Å²) in [5, 5.41) is 12.3. The van der Waals surface area contributed by atoms with Crippen LogP contribution in [0.5, 0.6) is 5.75 Å². The van der Waals surface area contributed by atoms with Crippen LogP contribution in [-0.2, 0) is 5.41 Å². The molecule has 0 atom stereocenters. The maximum atomic E-state index is 14.0. The molecular formula is C20H20FN3O2. The van der Waals surface area contributed by atoms with E-state index < -0.39 is 11.2 Å². The van der Waals surface area contributed by atoms with Crippen molar-refractivity contribution >= 4 is 11.7 Å². The van der Waals surface area contributed by atoms with E-state index in [4.69, 9.17) is 4.74 Å². The summed E-state index contributed by atoms with van der Waals surface area (Å²) >= 11 is 0. The molecule has 2 amide bonds. The van der Waals surface area contributed by atoms with Crippen molar-refractivity contribution in [3.63, 3.8) is 0 Å². The normalized spacial score (nSPS) is 15.8. The molecule has 1 heterocycles. The second kappa shape index (κ2) is 7.44. The van der Waals surface area contributed by atoms with Gasteiger partial charge in [0, 0.05) is 19.2 Å². The topological polar surface area (TPSA) is 65.4 Å².